The van der Waals surface area contributed by atoms with Crippen molar-refractivity contribution in [1.29, 1.82) is 0 Å². The van der Waals surface area contributed by atoms with Crippen LogP contribution in [0, 0.1) is 5.92 Å². The van der Waals surface area contributed by atoms with Crippen molar-refractivity contribution in [3.05, 3.63) is 15.6 Å². The number of piperidine rings is 1. The zero-order valence-electron chi connectivity index (χ0n) is 14.1. The number of nitrogens with zero attached hydrogens (tertiary/aromatic N) is 2. The van der Waals surface area contributed by atoms with Crippen LogP contribution in [0.5, 0.6) is 0 Å². The molecule has 2 unspecified atom stereocenters. The number of carboxylic acid groups (broad SMARTS) is 1. The van der Waals surface area contributed by atoms with E-state index in [1.54, 1.807) is 0 Å². The first-order valence-corrected chi connectivity index (χ1v) is 9.17. The van der Waals surface area contributed by atoms with Gasteiger partial charge in [-0.1, -0.05) is 20.3 Å². The van der Waals surface area contributed by atoms with Crippen molar-refractivity contribution in [3.8, 4) is 0 Å². The van der Waals surface area contributed by atoms with Crippen LogP contribution in [0.25, 0.3) is 0 Å². The second-order valence-electron chi connectivity index (χ2n) is 6.90. The summed E-state index contributed by atoms with van der Waals surface area (Å²) in [6, 6.07) is 1.25. The number of aromatic carboxylic acids is 1. The first-order chi connectivity index (χ1) is 10.4. The van der Waals surface area contributed by atoms with Crippen LogP contribution in [0.1, 0.15) is 67.3 Å². The van der Waals surface area contributed by atoms with Crippen molar-refractivity contribution in [2.24, 2.45) is 5.92 Å². The number of hydrogen-bond acceptors (Lipinski definition) is 4. The Kier molecular flexibility index (Phi) is 5.98. The summed E-state index contributed by atoms with van der Waals surface area (Å²) in [4.78, 5) is 19.0. The van der Waals surface area contributed by atoms with Gasteiger partial charge in [0, 0.05) is 25.0 Å². The molecule has 5 heteroatoms. The van der Waals surface area contributed by atoms with Crippen LogP contribution < -0.4 is 0 Å². The highest BCUT2D eigenvalue weighted by molar-refractivity contribution is 7.13. The number of likely N-dealkylation sites (tertiary alicyclic amines) is 1. The van der Waals surface area contributed by atoms with Gasteiger partial charge in [-0.25, -0.2) is 9.78 Å². The highest BCUT2D eigenvalue weighted by atomic mass is 32.1. The molecule has 0 amide bonds. The molecular formula is C17H28N2O2S. The minimum atomic E-state index is -0.834. The molecule has 0 aliphatic carbocycles. The van der Waals surface area contributed by atoms with Crippen LogP contribution in [0.15, 0.2) is 0 Å². The molecule has 1 saturated heterocycles. The van der Waals surface area contributed by atoms with Gasteiger partial charge >= 0.3 is 5.97 Å². The van der Waals surface area contributed by atoms with E-state index in [0.717, 1.165) is 30.1 Å². The summed E-state index contributed by atoms with van der Waals surface area (Å²) in [6.07, 6.45) is 5.45. The molecule has 1 aromatic rings. The number of rotatable bonds is 6. The van der Waals surface area contributed by atoms with Gasteiger partial charge in [-0.15, -0.1) is 11.3 Å². The maximum atomic E-state index is 11.4. The maximum Gasteiger partial charge on any atom is 0.347 e. The number of aromatic nitrogens is 1. The molecule has 0 saturated carbocycles. The summed E-state index contributed by atoms with van der Waals surface area (Å²) in [5.41, 5.74) is 0.766. The molecule has 2 rings (SSSR count). The molecule has 124 valence electrons. The van der Waals surface area contributed by atoms with Crippen LogP contribution in [-0.2, 0) is 12.8 Å². The van der Waals surface area contributed by atoms with Crippen LogP contribution >= 0.6 is 11.3 Å². The molecule has 1 aliphatic rings. The Balaban J connectivity index is 2.04. The van der Waals surface area contributed by atoms with Gasteiger partial charge in [-0.3, -0.25) is 4.90 Å². The lowest BCUT2D eigenvalue weighted by Crippen LogP contribution is -2.44. The first-order valence-electron chi connectivity index (χ1n) is 8.36. The van der Waals surface area contributed by atoms with E-state index in [1.165, 1.54) is 30.6 Å². The predicted molar refractivity (Wildman–Crippen MR) is 90.8 cm³/mol. The second-order valence-corrected chi connectivity index (χ2v) is 7.99. The van der Waals surface area contributed by atoms with Crippen molar-refractivity contribution < 1.29 is 9.90 Å². The number of hydrogen-bond donors (Lipinski definition) is 1. The van der Waals surface area contributed by atoms with Crippen molar-refractivity contribution in [2.45, 2.75) is 71.9 Å². The van der Waals surface area contributed by atoms with E-state index in [4.69, 9.17) is 0 Å². The van der Waals surface area contributed by atoms with Gasteiger partial charge < -0.3 is 5.11 Å². The molecule has 1 N–H and O–H groups in total. The highest BCUT2D eigenvalue weighted by Gasteiger charge is 2.25. The van der Waals surface area contributed by atoms with Crippen LogP contribution in [0.3, 0.4) is 0 Å². The van der Waals surface area contributed by atoms with E-state index in [0.29, 0.717) is 22.9 Å². The molecule has 0 spiro atoms. The summed E-state index contributed by atoms with van der Waals surface area (Å²) in [7, 11) is 0. The Morgan fingerprint density at radius 2 is 2.00 bits per heavy atom. The van der Waals surface area contributed by atoms with Gasteiger partial charge in [0.15, 0.2) is 0 Å². The average molecular weight is 324 g/mol. The lowest BCUT2D eigenvalue weighted by molar-refractivity contribution is 0.0700. The lowest BCUT2D eigenvalue weighted by Gasteiger charge is -2.38. The van der Waals surface area contributed by atoms with Gasteiger partial charge in [0.05, 0.1) is 10.7 Å². The van der Waals surface area contributed by atoms with Crippen molar-refractivity contribution >= 4 is 17.3 Å². The monoisotopic (exact) mass is 324 g/mol. The Morgan fingerprint density at radius 1 is 1.36 bits per heavy atom. The predicted octanol–water partition coefficient (Wildman–Crippen LogP) is 3.85. The van der Waals surface area contributed by atoms with E-state index < -0.39 is 5.97 Å². The van der Waals surface area contributed by atoms with Gasteiger partial charge in [0.1, 0.15) is 4.88 Å². The standard InChI is InChI=1S/C17H28N2O2S/c1-11(2)10-14-16(17(20)21)22-15(18-14)8-9-19-12(3)6-5-7-13(19)4/h11-13H,5-10H2,1-4H3,(H,20,21). The van der Waals surface area contributed by atoms with Crippen LogP contribution in [-0.4, -0.2) is 39.6 Å². The molecule has 1 fully saturated rings. The Labute approximate surface area is 137 Å². The molecule has 4 nitrogen and oxygen atoms in total. The molecule has 0 bridgehead atoms. The minimum absolute atomic E-state index is 0.426. The number of carbonyl (C=O) groups is 1. The van der Waals surface area contributed by atoms with Crippen molar-refractivity contribution in [1.82, 2.24) is 9.88 Å². The fraction of sp³-hybridized carbons (Fsp3) is 0.765. The first kappa shape index (κ1) is 17.4. The summed E-state index contributed by atoms with van der Waals surface area (Å²) in [5, 5.41) is 10.3. The maximum absolute atomic E-state index is 11.4. The van der Waals surface area contributed by atoms with Gasteiger partial charge in [0.25, 0.3) is 0 Å². The normalized spacial score (nSPS) is 23.1. The van der Waals surface area contributed by atoms with E-state index in [-0.39, 0.29) is 0 Å². The Morgan fingerprint density at radius 3 is 2.55 bits per heavy atom. The molecule has 2 heterocycles. The van der Waals surface area contributed by atoms with Crippen LogP contribution in [0.2, 0.25) is 0 Å². The summed E-state index contributed by atoms with van der Waals surface area (Å²) in [6.45, 7) is 9.77. The van der Waals surface area contributed by atoms with E-state index >= 15 is 0 Å². The third-order valence-corrected chi connectivity index (χ3v) is 5.64. The fourth-order valence-corrected chi connectivity index (χ4v) is 4.26. The van der Waals surface area contributed by atoms with Crippen molar-refractivity contribution in [3.63, 3.8) is 0 Å². The number of thiazole rings is 1. The van der Waals surface area contributed by atoms with Gasteiger partial charge in [0.2, 0.25) is 0 Å². The fourth-order valence-electron chi connectivity index (χ4n) is 3.34. The number of carboxylic acids is 1. The summed E-state index contributed by atoms with van der Waals surface area (Å²) in [5.74, 6) is -0.408. The molecule has 2 atom stereocenters. The molecule has 1 aromatic heterocycles. The molecule has 0 aromatic carbocycles. The van der Waals surface area contributed by atoms with Crippen molar-refractivity contribution in [2.75, 3.05) is 6.54 Å². The zero-order chi connectivity index (χ0) is 16.3. The highest BCUT2D eigenvalue weighted by Crippen LogP contribution is 2.25. The minimum Gasteiger partial charge on any atom is -0.477 e. The smallest absolute Gasteiger partial charge is 0.347 e. The van der Waals surface area contributed by atoms with Gasteiger partial charge in [-0.2, -0.15) is 0 Å². The molecular weight excluding hydrogens is 296 g/mol. The summed E-state index contributed by atoms with van der Waals surface area (Å²) < 4.78 is 0. The summed E-state index contributed by atoms with van der Waals surface area (Å²) >= 11 is 1.36. The average Bonchev–Trinajstić information content (AvgIpc) is 2.80. The third-order valence-electron chi connectivity index (χ3n) is 4.50. The third kappa shape index (κ3) is 4.29. The molecule has 0 radical (unpaired) electrons. The quantitative estimate of drug-likeness (QED) is 0.863. The van der Waals surface area contributed by atoms with E-state index in [9.17, 15) is 9.90 Å². The molecule has 22 heavy (non-hydrogen) atoms. The Hall–Kier alpha value is -0.940. The molecule has 1 aliphatic heterocycles. The topological polar surface area (TPSA) is 53.4 Å². The second kappa shape index (κ2) is 7.55. The van der Waals surface area contributed by atoms with Crippen LogP contribution in [0.4, 0.5) is 0 Å². The zero-order valence-corrected chi connectivity index (χ0v) is 14.9. The SMILES string of the molecule is CC(C)Cc1nc(CCN2C(C)CCCC2C)sc1C(=O)O. The Bertz CT molecular complexity index is 503. The van der Waals surface area contributed by atoms with Gasteiger partial charge in [-0.05, 0) is 39.0 Å². The van der Waals surface area contributed by atoms with E-state index in [2.05, 4.69) is 37.6 Å². The van der Waals surface area contributed by atoms with E-state index in [1.807, 2.05) is 0 Å². The lowest BCUT2D eigenvalue weighted by atomic mass is 9.97. The largest absolute Gasteiger partial charge is 0.477 e.